The molecule has 8 nitrogen and oxygen atoms in total. The SMILES string of the molecule is CCOC(=O)Cn1c(=NC(=O)c2ccc(S(=O)(=O)N3CCc4ccccc43)cc2)sc2cc(C)c(C)cc21. The van der Waals surface area contributed by atoms with Crippen LogP contribution in [0, 0.1) is 13.8 Å². The van der Waals surface area contributed by atoms with Crippen LogP contribution in [0.15, 0.2) is 70.6 Å². The van der Waals surface area contributed by atoms with Crippen LogP contribution in [-0.4, -0.2) is 38.0 Å². The van der Waals surface area contributed by atoms with Crippen molar-refractivity contribution in [3.05, 3.63) is 87.7 Å². The van der Waals surface area contributed by atoms with Crippen LogP contribution in [0.1, 0.15) is 34.0 Å². The Bertz CT molecular complexity index is 1730. The smallest absolute Gasteiger partial charge is 0.326 e. The molecule has 196 valence electrons. The monoisotopic (exact) mass is 549 g/mol. The maximum atomic E-state index is 13.3. The molecule has 0 spiro atoms. The molecule has 1 aromatic heterocycles. The van der Waals surface area contributed by atoms with Crippen molar-refractivity contribution in [3.8, 4) is 0 Å². The van der Waals surface area contributed by atoms with E-state index >= 15 is 0 Å². The summed E-state index contributed by atoms with van der Waals surface area (Å²) >= 11 is 1.31. The van der Waals surface area contributed by atoms with Gasteiger partial charge in [-0.25, -0.2) is 8.42 Å². The third-order valence-corrected chi connectivity index (χ3v) is 9.49. The van der Waals surface area contributed by atoms with E-state index in [4.69, 9.17) is 4.74 Å². The molecule has 0 N–H and O–H groups in total. The number of carbonyl (C=O) groups is 2. The fraction of sp³-hybridized carbons (Fsp3) is 0.250. The molecule has 0 aliphatic carbocycles. The highest BCUT2D eigenvalue weighted by Gasteiger charge is 2.30. The molecule has 10 heteroatoms. The lowest BCUT2D eigenvalue weighted by atomic mass is 10.1. The minimum atomic E-state index is -3.77. The number of nitrogens with zero attached hydrogens (tertiary/aromatic N) is 3. The molecule has 1 aliphatic rings. The summed E-state index contributed by atoms with van der Waals surface area (Å²) in [5.74, 6) is -0.949. The van der Waals surface area contributed by atoms with E-state index in [0.717, 1.165) is 26.9 Å². The number of rotatable bonds is 6. The van der Waals surface area contributed by atoms with Gasteiger partial charge in [0.2, 0.25) is 0 Å². The van der Waals surface area contributed by atoms with Crippen molar-refractivity contribution >= 4 is 49.1 Å². The Morgan fingerprint density at radius 1 is 1.03 bits per heavy atom. The standard InChI is InChI=1S/C28H27N3O5S2/c1-4-36-26(32)17-30-24-15-18(2)19(3)16-25(24)37-28(30)29-27(33)21-9-11-22(12-10-21)38(34,35)31-14-13-20-7-5-6-8-23(20)31/h5-12,15-16H,4,13-14,17H2,1-3H3. The lowest BCUT2D eigenvalue weighted by Gasteiger charge is -2.19. The largest absolute Gasteiger partial charge is 0.465 e. The lowest BCUT2D eigenvalue weighted by Crippen LogP contribution is -2.29. The number of esters is 1. The predicted octanol–water partition coefficient (Wildman–Crippen LogP) is 4.38. The molecule has 0 unspecified atom stereocenters. The number of amides is 1. The van der Waals surface area contributed by atoms with E-state index < -0.39 is 21.9 Å². The number of anilines is 1. The van der Waals surface area contributed by atoms with Crippen LogP contribution in [0.3, 0.4) is 0 Å². The number of carbonyl (C=O) groups excluding carboxylic acids is 2. The number of ether oxygens (including phenoxy) is 1. The van der Waals surface area contributed by atoms with Gasteiger partial charge < -0.3 is 9.30 Å². The second kappa shape index (κ2) is 10.2. The minimum absolute atomic E-state index is 0.0725. The van der Waals surface area contributed by atoms with E-state index in [1.54, 1.807) is 17.6 Å². The quantitative estimate of drug-likeness (QED) is 0.333. The Kier molecular flexibility index (Phi) is 6.93. The van der Waals surface area contributed by atoms with Gasteiger partial charge in [0, 0.05) is 12.1 Å². The van der Waals surface area contributed by atoms with Crippen molar-refractivity contribution in [1.29, 1.82) is 0 Å². The van der Waals surface area contributed by atoms with Gasteiger partial charge in [0.1, 0.15) is 6.54 Å². The summed E-state index contributed by atoms with van der Waals surface area (Å²) in [4.78, 5) is 30.2. The third-order valence-electron chi connectivity index (χ3n) is 6.62. The van der Waals surface area contributed by atoms with E-state index in [9.17, 15) is 18.0 Å². The van der Waals surface area contributed by atoms with E-state index in [0.29, 0.717) is 23.5 Å². The Morgan fingerprint density at radius 2 is 1.74 bits per heavy atom. The maximum Gasteiger partial charge on any atom is 0.326 e. The Labute approximate surface area is 224 Å². The van der Waals surface area contributed by atoms with Crippen molar-refractivity contribution in [2.75, 3.05) is 17.5 Å². The molecule has 38 heavy (non-hydrogen) atoms. The molecule has 0 bridgehead atoms. The van der Waals surface area contributed by atoms with Gasteiger partial charge in [0.15, 0.2) is 4.80 Å². The number of aromatic nitrogens is 1. The summed E-state index contributed by atoms with van der Waals surface area (Å²) in [5, 5.41) is 0. The number of hydrogen-bond donors (Lipinski definition) is 0. The van der Waals surface area contributed by atoms with Crippen LogP contribution in [0.25, 0.3) is 10.2 Å². The van der Waals surface area contributed by atoms with Gasteiger partial charge in [-0.15, -0.1) is 0 Å². The lowest BCUT2D eigenvalue weighted by molar-refractivity contribution is -0.143. The summed E-state index contributed by atoms with van der Waals surface area (Å²) in [6.07, 6.45) is 0.658. The van der Waals surface area contributed by atoms with Gasteiger partial charge >= 0.3 is 5.97 Å². The average molecular weight is 550 g/mol. The summed E-state index contributed by atoms with van der Waals surface area (Å²) in [6, 6.07) is 17.2. The molecule has 0 saturated carbocycles. The first kappa shape index (κ1) is 25.9. The van der Waals surface area contributed by atoms with Gasteiger partial charge in [-0.05, 0) is 86.3 Å². The summed E-state index contributed by atoms with van der Waals surface area (Å²) in [5.41, 5.74) is 4.87. The molecule has 0 radical (unpaired) electrons. The Balaban J connectivity index is 1.48. The molecule has 4 aromatic rings. The van der Waals surface area contributed by atoms with Gasteiger partial charge in [-0.1, -0.05) is 29.5 Å². The highest BCUT2D eigenvalue weighted by atomic mass is 32.2. The number of thiazole rings is 1. The van der Waals surface area contributed by atoms with Crippen molar-refractivity contribution in [2.24, 2.45) is 4.99 Å². The summed E-state index contributed by atoms with van der Waals surface area (Å²) in [7, 11) is -3.77. The van der Waals surface area contributed by atoms with E-state index in [-0.39, 0.29) is 23.6 Å². The molecule has 0 saturated heterocycles. The number of para-hydroxylation sites is 1. The van der Waals surface area contributed by atoms with Crippen LogP contribution >= 0.6 is 11.3 Å². The van der Waals surface area contributed by atoms with Crippen LogP contribution in [0.4, 0.5) is 5.69 Å². The number of sulfonamides is 1. The van der Waals surface area contributed by atoms with Gasteiger partial charge in [-0.3, -0.25) is 13.9 Å². The van der Waals surface area contributed by atoms with Crippen molar-refractivity contribution in [2.45, 2.75) is 38.6 Å². The first-order valence-electron chi connectivity index (χ1n) is 12.2. The highest BCUT2D eigenvalue weighted by molar-refractivity contribution is 7.92. The first-order valence-corrected chi connectivity index (χ1v) is 14.5. The van der Waals surface area contributed by atoms with Crippen molar-refractivity contribution < 1.29 is 22.7 Å². The normalized spacial score (nSPS) is 13.7. The minimum Gasteiger partial charge on any atom is -0.465 e. The average Bonchev–Trinajstić information content (AvgIpc) is 3.47. The van der Waals surface area contributed by atoms with Gasteiger partial charge in [0.05, 0.1) is 27.4 Å². The molecule has 2 heterocycles. The van der Waals surface area contributed by atoms with Gasteiger partial charge in [0.25, 0.3) is 15.9 Å². The number of fused-ring (bicyclic) bond motifs is 2. The Morgan fingerprint density at radius 3 is 2.47 bits per heavy atom. The van der Waals surface area contributed by atoms with Crippen LogP contribution < -0.4 is 9.11 Å². The van der Waals surface area contributed by atoms with E-state index in [2.05, 4.69) is 4.99 Å². The van der Waals surface area contributed by atoms with Crippen LogP contribution in [-0.2, 0) is 32.5 Å². The summed E-state index contributed by atoms with van der Waals surface area (Å²) in [6.45, 7) is 6.29. The zero-order chi connectivity index (χ0) is 27.0. The highest BCUT2D eigenvalue weighted by Crippen LogP contribution is 2.32. The van der Waals surface area contributed by atoms with Crippen molar-refractivity contribution in [1.82, 2.24) is 4.57 Å². The van der Waals surface area contributed by atoms with E-state index in [1.807, 2.05) is 44.2 Å². The zero-order valence-corrected chi connectivity index (χ0v) is 22.9. The second-order valence-electron chi connectivity index (χ2n) is 9.08. The molecule has 5 rings (SSSR count). The second-order valence-corrected chi connectivity index (χ2v) is 11.9. The zero-order valence-electron chi connectivity index (χ0n) is 21.3. The number of aryl methyl sites for hydroxylation is 2. The maximum absolute atomic E-state index is 13.3. The molecular formula is C28H27N3O5S2. The van der Waals surface area contributed by atoms with Crippen molar-refractivity contribution in [3.63, 3.8) is 0 Å². The molecule has 1 amide bonds. The van der Waals surface area contributed by atoms with E-state index in [1.165, 1.54) is 39.9 Å². The fourth-order valence-corrected chi connectivity index (χ4v) is 7.11. The van der Waals surface area contributed by atoms with Gasteiger partial charge in [-0.2, -0.15) is 4.99 Å². The molecule has 0 atom stereocenters. The van der Waals surface area contributed by atoms with Crippen LogP contribution in [0.2, 0.25) is 0 Å². The predicted molar refractivity (Wildman–Crippen MR) is 147 cm³/mol. The Hall–Kier alpha value is -3.76. The number of benzene rings is 3. The molecular weight excluding hydrogens is 522 g/mol. The fourth-order valence-electron chi connectivity index (χ4n) is 4.50. The molecule has 3 aromatic carbocycles. The molecule has 0 fully saturated rings. The number of hydrogen-bond acceptors (Lipinski definition) is 6. The topological polar surface area (TPSA) is 98.0 Å². The molecule has 1 aliphatic heterocycles. The van der Waals surface area contributed by atoms with Crippen LogP contribution in [0.5, 0.6) is 0 Å². The first-order chi connectivity index (χ1) is 18.2. The third kappa shape index (κ3) is 4.77. The summed E-state index contributed by atoms with van der Waals surface area (Å²) < 4.78 is 35.7.